The predicted molar refractivity (Wildman–Crippen MR) is 111 cm³/mol. The zero-order valence-corrected chi connectivity index (χ0v) is 17.0. The Labute approximate surface area is 169 Å². The topological polar surface area (TPSA) is 64.0 Å². The number of aryl methyl sites for hydroxylation is 1. The summed E-state index contributed by atoms with van der Waals surface area (Å²) in [5.41, 5.74) is 2.75. The van der Waals surface area contributed by atoms with Crippen molar-refractivity contribution in [1.82, 2.24) is 9.78 Å². The van der Waals surface area contributed by atoms with E-state index in [4.69, 9.17) is 11.6 Å². The van der Waals surface area contributed by atoms with Crippen LogP contribution in [-0.2, 0) is 10.2 Å². The molecule has 5 nitrogen and oxygen atoms in total. The second kappa shape index (κ2) is 7.60. The molecule has 28 heavy (non-hydrogen) atoms. The minimum Gasteiger partial charge on any atom is -0.304 e. The molecule has 144 valence electrons. The predicted octanol–water partition coefficient (Wildman–Crippen LogP) is 4.95. The number of benzene rings is 2. The maximum atomic E-state index is 12.6. The Morgan fingerprint density at radius 3 is 2.32 bits per heavy atom. The highest BCUT2D eigenvalue weighted by atomic mass is 35.5. The van der Waals surface area contributed by atoms with Crippen LogP contribution in [0.4, 0.5) is 5.82 Å². The molecule has 3 rings (SSSR count). The molecule has 1 N–H and O–H groups in total. The molecule has 1 heterocycles. The standard InChI is InChI=1S/C22H22ClN3O2/c1-14-6-5-7-17(12-14)26-19(13-18(25-26)22(2,3)4)24-21(28)20(27)15-8-10-16(23)11-9-15/h5-13H,1-4H3,(H,24,28). The first kappa shape index (κ1) is 19.8. The van der Waals surface area contributed by atoms with Gasteiger partial charge >= 0.3 is 0 Å². The normalized spacial score (nSPS) is 11.3. The number of nitrogens with zero attached hydrogens (tertiary/aromatic N) is 2. The number of halogens is 1. The smallest absolute Gasteiger partial charge is 0.297 e. The highest BCUT2D eigenvalue weighted by Gasteiger charge is 2.23. The molecule has 6 heteroatoms. The average Bonchev–Trinajstić information content (AvgIpc) is 3.06. The molecule has 0 aliphatic rings. The Morgan fingerprint density at radius 1 is 1.04 bits per heavy atom. The average molecular weight is 396 g/mol. The van der Waals surface area contributed by atoms with Gasteiger partial charge in [0.15, 0.2) is 0 Å². The SMILES string of the molecule is Cc1cccc(-n2nc(C(C)(C)C)cc2NC(=O)C(=O)c2ccc(Cl)cc2)c1. The van der Waals surface area contributed by atoms with Crippen molar-refractivity contribution < 1.29 is 9.59 Å². The van der Waals surface area contributed by atoms with Crippen molar-refractivity contribution in [3.8, 4) is 5.69 Å². The Hall–Kier alpha value is -2.92. The van der Waals surface area contributed by atoms with Gasteiger partial charge in [-0.1, -0.05) is 44.5 Å². The Bertz CT molecular complexity index is 1030. The van der Waals surface area contributed by atoms with Gasteiger partial charge in [-0.15, -0.1) is 0 Å². The highest BCUT2D eigenvalue weighted by molar-refractivity contribution is 6.46. The van der Waals surface area contributed by atoms with Gasteiger partial charge < -0.3 is 5.32 Å². The molecule has 1 amide bonds. The largest absolute Gasteiger partial charge is 0.304 e. The number of ketones is 1. The van der Waals surface area contributed by atoms with Gasteiger partial charge in [0.2, 0.25) is 0 Å². The van der Waals surface area contributed by atoms with Gasteiger partial charge in [0.05, 0.1) is 11.4 Å². The highest BCUT2D eigenvalue weighted by Crippen LogP contribution is 2.26. The summed E-state index contributed by atoms with van der Waals surface area (Å²) < 4.78 is 1.65. The van der Waals surface area contributed by atoms with Crippen molar-refractivity contribution in [3.63, 3.8) is 0 Å². The van der Waals surface area contributed by atoms with E-state index in [0.717, 1.165) is 16.9 Å². The molecular weight excluding hydrogens is 374 g/mol. The number of carbonyl (C=O) groups excluding carboxylic acids is 2. The lowest BCUT2D eigenvalue weighted by Gasteiger charge is -2.14. The molecule has 0 saturated heterocycles. The minimum absolute atomic E-state index is 0.214. The van der Waals surface area contributed by atoms with Crippen molar-refractivity contribution >= 4 is 29.1 Å². The summed E-state index contributed by atoms with van der Waals surface area (Å²) in [6.07, 6.45) is 0. The fourth-order valence-corrected chi connectivity index (χ4v) is 2.82. The van der Waals surface area contributed by atoms with Crippen molar-refractivity contribution in [2.24, 2.45) is 0 Å². The van der Waals surface area contributed by atoms with E-state index >= 15 is 0 Å². The summed E-state index contributed by atoms with van der Waals surface area (Å²) in [6.45, 7) is 8.11. The quantitative estimate of drug-likeness (QED) is 0.502. The molecular formula is C22H22ClN3O2. The van der Waals surface area contributed by atoms with Crippen LogP contribution in [0.1, 0.15) is 42.4 Å². The van der Waals surface area contributed by atoms with E-state index in [0.29, 0.717) is 10.8 Å². The van der Waals surface area contributed by atoms with Crippen LogP contribution in [0.5, 0.6) is 0 Å². The van der Waals surface area contributed by atoms with E-state index in [1.54, 1.807) is 22.9 Å². The number of carbonyl (C=O) groups is 2. The fourth-order valence-electron chi connectivity index (χ4n) is 2.70. The van der Waals surface area contributed by atoms with Crippen LogP contribution in [0.25, 0.3) is 5.69 Å². The lowest BCUT2D eigenvalue weighted by atomic mass is 9.92. The summed E-state index contributed by atoms with van der Waals surface area (Å²) >= 11 is 5.85. The van der Waals surface area contributed by atoms with Gasteiger partial charge in [-0.05, 0) is 48.9 Å². The van der Waals surface area contributed by atoms with Crippen molar-refractivity contribution in [1.29, 1.82) is 0 Å². The molecule has 0 unspecified atom stereocenters. The lowest BCUT2D eigenvalue weighted by Crippen LogP contribution is -2.24. The van der Waals surface area contributed by atoms with Gasteiger partial charge in [-0.25, -0.2) is 4.68 Å². The molecule has 0 aliphatic carbocycles. The fraction of sp³-hybridized carbons (Fsp3) is 0.227. The van der Waals surface area contributed by atoms with Gasteiger partial charge in [-0.2, -0.15) is 5.10 Å². The van der Waals surface area contributed by atoms with Crippen molar-refractivity contribution in [2.75, 3.05) is 5.32 Å². The number of Topliss-reactive ketones (excluding diaryl/α,β-unsaturated/α-hetero) is 1. The van der Waals surface area contributed by atoms with Crippen LogP contribution in [0.2, 0.25) is 5.02 Å². The van der Waals surface area contributed by atoms with Gasteiger partial charge in [0, 0.05) is 22.1 Å². The first-order valence-corrected chi connectivity index (χ1v) is 9.32. The third-order valence-corrected chi connectivity index (χ3v) is 4.53. The Balaban J connectivity index is 1.96. The molecule has 0 fully saturated rings. The molecule has 0 bridgehead atoms. The van der Waals surface area contributed by atoms with E-state index in [9.17, 15) is 9.59 Å². The van der Waals surface area contributed by atoms with Crippen LogP contribution < -0.4 is 5.32 Å². The Morgan fingerprint density at radius 2 is 1.71 bits per heavy atom. The maximum Gasteiger partial charge on any atom is 0.297 e. The van der Waals surface area contributed by atoms with E-state index < -0.39 is 11.7 Å². The van der Waals surface area contributed by atoms with E-state index in [2.05, 4.69) is 10.4 Å². The second-order valence-electron chi connectivity index (χ2n) is 7.71. The minimum atomic E-state index is -0.725. The van der Waals surface area contributed by atoms with E-state index in [1.807, 2.05) is 52.0 Å². The van der Waals surface area contributed by atoms with E-state index in [-0.39, 0.29) is 11.0 Å². The first-order chi connectivity index (χ1) is 13.1. The first-order valence-electron chi connectivity index (χ1n) is 8.94. The molecule has 0 saturated carbocycles. The van der Waals surface area contributed by atoms with Gasteiger partial charge in [-0.3, -0.25) is 9.59 Å². The molecule has 3 aromatic rings. The molecule has 0 atom stereocenters. The number of anilines is 1. The number of rotatable bonds is 4. The van der Waals surface area contributed by atoms with Crippen molar-refractivity contribution in [2.45, 2.75) is 33.1 Å². The van der Waals surface area contributed by atoms with Crippen LogP contribution >= 0.6 is 11.6 Å². The third kappa shape index (κ3) is 4.31. The molecule has 0 aliphatic heterocycles. The van der Waals surface area contributed by atoms with E-state index in [1.165, 1.54) is 12.1 Å². The molecule has 0 radical (unpaired) electrons. The van der Waals surface area contributed by atoms with Crippen LogP contribution in [0.3, 0.4) is 0 Å². The van der Waals surface area contributed by atoms with Crippen molar-refractivity contribution in [3.05, 3.63) is 76.4 Å². The number of aromatic nitrogens is 2. The van der Waals surface area contributed by atoms with Gasteiger partial charge in [0.1, 0.15) is 5.82 Å². The molecule has 1 aromatic heterocycles. The summed E-state index contributed by atoms with van der Waals surface area (Å²) in [4.78, 5) is 25.1. The zero-order chi connectivity index (χ0) is 20.5. The summed E-state index contributed by atoms with van der Waals surface area (Å²) in [6, 6.07) is 15.8. The second-order valence-corrected chi connectivity index (χ2v) is 8.14. The van der Waals surface area contributed by atoms with Crippen LogP contribution in [-0.4, -0.2) is 21.5 Å². The third-order valence-electron chi connectivity index (χ3n) is 4.28. The molecule has 0 spiro atoms. The summed E-state index contributed by atoms with van der Waals surface area (Å²) in [5, 5.41) is 7.88. The summed E-state index contributed by atoms with van der Waals surface area (Å²) in [7, 11) is 0. The van der Waals surface area contributed by atoms with Gasteiger partial charge in [0.25, 0.3) is 11.7 Å². The zero-order valence-electron chi connectivity index (χ0n) is 16.3. The number of nitrogens with one attached hydrogen (secondary N) is 1. The van der Waals surface area contributed by atoms with Crippen LogP contribution in [0.15, 0.2) is 54.6 Å². The lowest BCUT2D eigenvalue weighted by molar-refractivity contribution is -0.112. The maximum absolute atomic E-state index is 12.6. The number of amides is 1. The monoisotopic (exact) mass is 395 g/mol. The summed E-state index contributed by atoms with van der Waals surface area (Å²) in [5.74, 6) is -0.912. The van der Waals surface area contributed by atoms with Crippen LogP contribution in [0, 0.1) is 6.92 Å². The number of hydrogen-bond donors (Lipinski definition) is 1. The molecule has 2 aromatic carbocycles. The Kier molecular flexibility index (Phi) is 5.38. The number of hydrogen-bond acceptors (Lipinski definition) is 3.